The molecule has 0 aliphatic carbocycles. The maximum absolute atomic E-state index is 12.1. The monoisotopic (exact) mass is 284 g/mol. The summed E-state index contributed by atoms with van der Waals surface area (Å²) < 4.78 is 6.80. The summed E-state index contributed by atoms with van der Waals surface area (Å²) >= 11 is 0. The van der Waals surface area contributed by atoms with Crippen molar-refractivity contribution >= 4 is 11.6 Å². The summed E-state index contributed by atoms with van der Waals surface area (Å²) in [6.45, 7) is 0.279. The normalized spacial score (nSPS) is 9.67. The highest BCUT2D eigenvalue weighted by Crippen LogP contribution is 2.25. The Morgan fingerprint density at radius 1 is 1.48 bits per heavy atom. The molecule has 1 aromatic carbocycles. The van der Waals surface area contributed by atoms with Gasteiger partial charge in [0.25, 0.3) is 5.91 Å². The molecular formula is C15H16N4O2. The SMILES string of the molecule is COc1ccc(C#CCN)cc1NC(=O)c1ccn(C)n1. The highest BCUT2D eigenvalue weighted by molar-refractivity contribution is 6.03. The van der Waals surface area contributed by atoms with Crippen LogP contribution in [0, 0.1) is 11.8 Å². The average Bonchev–Trinajstić information content (AvgIpc) is 2.92. The van der Waals surface area contributed by atoms with Crippen LogP contribution in [0.25, 0.3) is 0 Å². The van der Waals surface area contributed by atoms with Crippen LogP contribution in [0.5, 0.6) is 5.75 Å². The highest BCUT2D eigenvalue weighted by Gasteiger charge is 2.12. The Morgan fingerprint density at radius 2 is 2.29 bits per heavy atom. The minimum atomic E-state index is -0.308. The molecule has 0 fully saturated rings. The van der Waals surface area contributed by atoms with Crippen molar-refractivity contribution in [1.82, 2.24) is 9.78 Å². The van der Waals surface area contributed by atoms with E-state index in [2.05, 4.69) is 22.3 Å². The number of amides is 1. The van der Waals surface area contributed by atoms with Crippen molar-refractivity contribution in [2.45, 2.75) is 0 Å². The number of nitrogens with zero attached hydrogens (tertiary/aromatic N) is 2. The maximum Gasteiger partial charge on any atom is 0.276 e. The molecule has 1 amide bonds. The minimum absolute atomic E-state index is 0.279. The van der Waals surface area contributed by atoms with Gasteiger partial charge in [0.15, 0.2) is 5.69 Å². The summed E-state index contributed by atoms with van der Waals surface area (Å²) in [5.41, 5.74) is 6.97. The molecule has 0 unspecified atom stereocenters. The summed E-state index contributed by atoms with van der Waals surface area (Å²) in [7, 11) is 3.29. The number of rotatable bonds is 3. The summed E-state index contributed by atoms with van der Waals surface area (Å²) in [6.07, 6.45) is 1.70. The van der Waals surface area contributed by atoms with Crippen molar-refractivity contribution in [1.29, 1.82) is 0 Å². The number of benzene rings is 1. The van der Waals surface area contributed by atoms with E-state index in [9.17, 15) is 4.79 Å². The van der Waals surface area contributed by atoms with Crippen LogP contribution >= 0.6 is 0 Å². The number of methoxy groups -OCH3 is 1. The van der Waals surface area contributed by atoms with Crippen molar-refractivity contribution in [3.05, 3.63) is 41.7 Å². The maximum atomic E-state index is 12.1. The van der Waals surface area contributed by atoms with Crippen LogP contribution in [-0.2, 0) is 7.05 Å². The van der Waals surface area contributed by atoms with Crippen molar-refractivity contribution in [3.63, 3.8) is 0 Å². The topological polar surface area (TPSA) is 82.2 Å². The number of nitrogens with one attached hydrogen (secondary N) is 1. The van der Waals surface area contributed by atoms with Gasteiger partial charge < -0.3 is 15.8 Å². The summed E-state index contributed by atoms with van der Waals surface area (Å²) in [6, 6.07) is 6.93. The first-order valence-electron chi connectivity index (χ1n) is 6.32. The Labute approximate surface area is 122 Å². The van der Waals surface area contributed by atoms with E-state index in [1.54, 1.807) is 42.2 Å². The number of carbonyl (C=O) groups excluding carboxylic acids is 1. The molecule has 0 aliphatic rings. The number of carbonyl (C=O) groups is 1. The highest BCUT2D eigenvalue weighted by atomic mass is 16.5. The fourth-order valence-electron chi connectivity index (χ4n) is 1.76. The quantitative estimate of drug-likeness (QED) is 0.824. The van der Waals surface area contributed by atoms with Gasteiger partial charge in [-0.25, -0.2) is 0 Å². The lowest BCUT2D eigenvalue weighted by Crippen LogP contribution is -2.14. The Bertz CT molecular complexity index is 710. The van der Waals surface area contributed by atoms with Crippen LogP contribution < -0.4 is 15.8 Å². The number of hydrogen-bond acceptors (Lipinski definition) is 4. The molecule has 0 saturated heterocycles. The van der Waals surface area contributed by atoms with Gasteiger partial charge in [0, 0.05) is 18.8 Å². The first kappa shape index (κ1) is 14.6. The number of ether oxygens (including phenoxy) is 1. The first-order valence-corrected chi connectivity index (χ1v) is 6.32. The molecule has 6 nitrogen and oxygen atoms in total. The van der Waals surface area contributed by atoms with Gasteiger partial charge >= 0.3 is 0 Å². The summed E-state index contributed by atoms with van der Waals surface area (Å²) in [5, 5.41) is 6.82. The second-order valence-corrected chi connectivity index (χ2v) is 4.25. The predicted octanol–water partition coefficient (Wildman–Crippen LogP) is 0.991. The molecule has 0 radical (unpaired) electrons. The number of aromatic nitrogens is 2. The molecule has 2 aromatic rings. The third-order valence-electron chi connectivity index (χ3n) is 2.73. The van der Waals surface area contributed by atoms with Crippen molar-refractivity contribution in [2.24, 2.45) is 12.8 Å². The lowest BCUT2D eigenvalue weighted by molar-refractivity contribution is 0.102. The number of aryl methyl sites for hydroxylation is 1. The van der Waals surface area contributed by atoms with E-state index >= 15 is 0 Å². The summed E-state index contributed by atoms with van der Waals surface area (Å²) in [5.74, 6) is 5.92. The van der Waals surface area contributed by atoms with Crippen LogP contribution in [0.3, 0.4) is 0 Å². The van der Waals surface area contributed by atoms with Gasteiger partial charge in [-0.3, -0.25) is 9.48 Å². The van der Waals surface area contributed by atoms with Gasteiger partial charge in [-0.05, 0) is 24.3 Å². The molecular weight excluding hydrogens is 268 g/mol. The molecule has 0 spiro atoms. The molecule has 0 bridgehead atoms. The molecule has 0 atom stereocenters. The standard InChI is InChI=1S/C15H16N4O2/c1-19-9-7-12(18-19)15(20)17-13-10-11(4-3-8-16)5-6-14(13)21-2/h5-7,9-10H,8,16H2,1-2H3,(H,17,20). The lowest BCUT2D eigenvalue weighted by Gasteiger charge is -2.09. The molecule has 3 N–H and O–H groups in total. The van der Waals surface area contributed by atoms with Crippen LogP contribution in [-0.4, -0.2) is 29.3 Å². The van der Waals surface area contributed by atoms with E-state index in [0.29, 0.717) is 17.1 Å². The molecule has 108 valence electrons. The zero-order valence-electron chi connectivity index (χ0n) is 11.9. The zero-order valence-corrected chi connectivity index (χ0v) is 11.9. The van der Waals surface area contributed by atoms with Gasteiger partial charge in [0.2, 0.25) is 0 Å². The summed E-state index contributed by atoms with van der Waals surface area (Å²) in [4.78, 5) is 12.1. The smallest absolute Gasteiger partial charge is 0.276 e. The number of hydrogen-bond donors (Lipinski definition) is 2. The number of nitrogens with two attached hydrogens (primary N) is 1. The Morgan fingerprint density at radius 3 is 2.90 bits per heavy atom. The van der Waals surface area contributed by atoms with Crippen LogP contribution in [0.4, 0.5) is 5.69 Å². The minimum Gasteiger partial charge on any atom is -0.495 e. The van der Waals surface area contributed by atoms with Crippen LogP contribution in [0.15, 0.2) is 30.5 Å². The van der Waals surface area contributed by atoms with Gasteiger partial charge in [-0.2, -0.15) is 5.10 Å². The Balaban J connectivity index is 2.26. The third-order valence-corrected chi connectivity index (χ3v) is 2.73. The Kier molecular flexibility index (Phi) is 4.59. The molecule has 2 rings (SSSR count). The largest absolute Gasteiger partial charge is 0.495 e. The van der Waals surface area contributed by atoms with Gasteiger partial charge in [-0.15, -0.1) is 0 Å². The third kappa shape index (κ3) is 3.61. The van der Waals surface area contributed by atoms with Crippen molar-refractivity contribution in [3.8, 4) is 17.6 Å². The van der Waals surface area contributed by atoms with Gasteiger partial charge in [0.05, 0.1) is 19.3 Å². The van der Waals surface area contributed by atoms with Crippen LogP contribution in [0.1, 0.15) is 16.1 Å². The molecule has 0 aliphatic heterocycles. The fourth-order valence-corrected chi connectivity index (χ4v) is 1.76. The fraction of sp³-hybridized carbons (Fsp3) is 0.200. The van der Waals surface area contributed by atoms with E-state index in [-0.39, 0.29) is 12.5 Å². The van der Waals surface area contributed by atoms with Gasteiger partial charge in [0.1, 0.15) is 5.75 Å². The van der Waals surface area contributed by atoms with Crippen molar-refractivity contribution in [2.75, 3.05) is 19.0 Å². The van der Waals surface area contributed by atoms with Crippen molar-refractivity contribution < 1.29 is 9.53 Å². The number of anilines is 1. The zero-order chi connectivity index (χ0) is 15.2. The average molecular weight is 284 g/mol. The molecule has 1 aromatic heterocycles. The lowest BCUT2D eigenvalue weighted by atomic mass is 10.2. The van der Waals surface area contributed by atoms with E-state index in [4.69, 9.17) is 10.5 Å². The van der Waals surface area contributed by atoms with Crippen LogP contribution in [0.2, 0.25) is 0 Å². The molecule has 6 heteroatoms. The van der Waals surface area contributed by atoms with E-state index in [0.717, 1.165) is 5.56 Å². The Hall–Kier alpha value is -2.78. The molecule has 0 saturated carbocycles. The molecule has 1 heterocycles. The van der Waals surface area contributed by atoms with E-state index in [1.165, 1.54) is 7.11 Å². The molecule has 21 heavy (non-hydrogen) atoms. The van der Waals surface area contributed by atoms with E-state index in [1.807, 2.05) is 0 Å². The predicted molar refractivity (Wildman–Crippen MR) is 80.1 cm³/mol. The second-order valence-electron chi connectivity index (χ2n) is 4.25. The first-order chi connectivity index (χ1) is 10.1. The van der Waals surface area contributed by atoms with Gasteiger partial charge in [-0.1, -0.05) is 11.8 Å². The van der Waals surface area contributed by atoms with E-state index < -0.39 is 0 Å². The second kappa shape index (κ2) is 6.59.